The minimum absolute atomic E-state index is 0.146. The first-order chi connectivity index (χ1) is 12.5. The number of carboxylic acids is 1. The van der Waals surface area contributed by atoms with Crippen LogP contribution in [0.2, 0.25) is 0 Å². The first-order valence-electron chi connectivity index (χ1n) is 8.84. The third-order valence-corrected chi connectivity index (χ3v) is 5.85. The largest absolute Gasteiger partial charge is 0.483 e. The molecule has 1 aromatic carbocycles. The normalized spacial score (nSPS) is 13.6. The Hall–Kier alpha value is -2.34. The van der Waals surface area contributed by atoms with Crippen LogP contribution in [-0.4, -0.2) is 23.6 Å². The Labute approximate surface area is 157 Å². The van der Waals surface area contributed by atoms with Crippen molar-refractivity contribution in [3.63, 3.8) is 0 Å². The highest BCUT2D eigenvalue weighted by atomic mass is 32.1. The van der Waals surface area contributed by atoms with Crippen LogP contribution < -0.4 is 10.1 Å². The molecule has 0 saturated carbocycles. The van der Waals surface area contributed by atoms with E-state index in [1.807, 2.05) is 32.0 Å². The summed E-state index contributed by atoms with van der Waals surface area (Å²) >= 11 is 1.39. The number of hydrogen-bond acceptors (Lipinski definition) is 4. The number of aromatic carboxylic acids is 1. The highest BCUT2D eigenvalue weighted by Gasteiger charge is 2.25. The number of hydrogen-bond donors (Lipinski definition) is 2. The molecular weight excluding hydrogens is 350 g/mol. The third kappa shape index (κ3) is 3.90. The molecule has 0 radical (unpaired) electrons. The zero-order chi connectivity index (χ0) is 18.7. The second-order valence-electron chi connectivity index (χ2n) is 6.63. The molecule has 0 aliphatic heterocycles. The Bertz CT molecular complexity index is 820. The van der Waals surface area contributed by atoms with E-state index in [1.165, 1.54) is 11.3 Å². The Balaban J connectivity index is 1.74. The van der Waals surface area contributed by atoms with E-state index >= 15 is 0 Å². The van der Waals surface area contributed by atoms with Crippen molar-refractivity contribution in [1.29, 1.82) is 0 Å². The van der Waals surface area contributed by atoms with E-state index in [-0.39, 0.29) is 18.1 Å². The van der Waals surface area contributed by atoms with E-state index in [2.05, 4.69) is 5.32 Å². The SMILES string of the molecule is Cc1cccc(C)c1OCC(=O)Nc1sc2c(c1C(=O)O)CCCCC2. The van der Waals surface area contributed by atoms with Crippen molar-refractivity contribution in [3.8, 4) is 5.75 Å². The molecule has 0 unspecified atom stereocenters. The molecule has 1 aromatic heterocycles. The smallest absolute Gasteiger partial charge is 0.339 e. The van der Waals surface area contributed by atoms with Gasteiger partial charge in [-0.1, -0.05) is 24.6 Å². The van der Waals surface area contributed by atoms with Crippen molar-refractivity contribution in [2.75, 3.05) is 11.9 Å². The van der Waals surface area contributed by atoms with Gasteiger partial charge in [0.1, 0.15) is 10.8 Å². The van der Waals surface area contributed by atoms with Crippen LogP contribution in [0, 0.1) is 13.8 Å². The fourth-order valence-corrected chi connectivity index (χ4v) is 4.68. The third-order valence-electron chi connectivity index (χ3n) is 4.64. The summed E-state index contributed by atoms with van der Waals surface area (Å²) in [6, 6.07) is 5.80. The predicted molar refractivity (Wildman–Crippen MR) is 103 cm³/mol. The van der Waals surface area contributed by atoms with Crippen molar-refractivity contribution in [3.05, 3.63) is 45.3 Å². The van der Waals surface area contributed by atoms with Crippen LogP contribution in [-0.2, 0) is 17.6 Å². The molecule has 1 heterocycles. The lowest BCUT2D eigenvalue weighted by atomic mass is 10.1. The van der Waals surface area contributed by atoms with Crippen LogP contribution in [0.3, 0.4) is 0 Å². The number of nitrogens with one attached hydrogen (secondary N) is 1. The summed E-state index contributed by atoms with van der Waals surface area (Å²) in [5, 5.41) is 12.8. The number of ether oxygens (including phenoxy) is 1. The summed E-state index contributed by atoms with van der Waals surface area (Å²) < 4.78 is 5.67. The van der Waals surface area contributed by atoms with Gasteiger partial charge in [0.25, 0.3) is 5.91 Å². The number of carbonyl (C=O) groups is 2. The molecule has 2 aromatic rings. The van der Waals surface area contributed by atoms with Crippen molar-refractivity contribution in [1.82, 2.24) is 0 Å². The Morgan fingerprint density at radius 3 is 2.54 bits per heavy atom. The van der Waals surface area contributed by atoms with E-state index in [0.717, 1.165) is 53.7 Å². The average Bonchev–Trinajstić information content (AvgIpc) is 2.75. The molecule has 1 amide bonds. The van der Waals surface area contributed by atoms with Gasteiger partial charge in [-0.2, -0.15) is 0 Å². The number of thiophene rings is 1. The molecule has 0 spiro atoms. The van der Waals surface area contributed by atoms with E-state index in [0.29, 0.717) is 10.8 Å². The van der Waals surface area contributed by atoms with Crippen LogP contribution in [0.1, 0.15) is 51.2 Å². The lowest BCUT2D eigenvalue weighted by Gasteiger charge is -2.12. The first-order valence-corrected chi connectivity index (χ1v) is 9.65. The second-order valence-corrected chi connectivity index (χ2v) is 7.74. The van der Waals surface area contributed by atoms with Crippen molar-refractivity contribution in [2.45, 2.75) is 46.0 Å². The zero-order valence-electron chi connectivity index (χ0n) is 15.1. The minimum atomic E-state index is -0.977. The number of aryl methyl sites for hydroxylation is 3. The molecular formula is C20H23NO4S. The number of carboxylic acid groups (broad SMARTS) is 1. The topological polar surface area (TPSA) is 75.6 Å². The summed E-state index contributed by atoms with van der Waals surface area (Å²) in [5.41, 5.74) is 3.08. The summed E-state index contributed by atoms with van der Waals surface area (Å²) in [6.45, 7) is 3.71. The standard InChI is InChI=1S/C20H23NO4S/c1-12-7-6-8-13(2)18(12)25-11-16(22)21-19-17(20(23)24)14-9-4-3-5-10-15(14)26-19/h6-8H,3-5,9-11H2,1-2H3,(H,21,22)(H,23,24). The van der Waals surface area contributed by atoms with Gasteiger partial charge in [-0.05, 0) is 56.2 Å². The second kappa shape index (κ2) is 7.91. The lowest BCUT2D eigenvalue weighted by molar-refractivity contribution is -0.118. The van der Waals surface area contributed by atoms with Gasteiger partial charge in [-0.25, -0.2) is 4.79 Å². The van der Waals surface area contributed by atoms with Crippen LogP contribution in [0.25, 0.3) is 0 Å². The molecule has 1 aliphatic rings. The van der Waals surface area contributed by atoms with E-state index in [4.69, 9.17) is 4.74 Å². The molecule has 0 bridgehead atoms. The maximum atomic E-state index is 12.3. The van der Waals surface area contributed by atoms with Gasteiger partial charge in [0.15, 0.2) is 6.61 Å². The van der Waals surface area contributed by atoms with Crippen molar-refractivity contribution in [2.24, 2.45) is 0 Å². The summed E-state index contributed by atoms with van der Waals surface area (Å²) in [5.74, 6) is -0.620. The van der Waals surface area contributed by atoms with Crippen LogP contribution in [0.15, 0.2) is 18.2 Å². The van der Waals surface area contributed by atoms with Crippen LogP contribution in [0.4, 0.5) is 5.00 Å². The number of anilines is 1. The van der Waals surface area contributed by atoms with Gasteiger partial charge in [-0.15, -0.1) is 11.3 Å². The Kier molecular flexibility index (Phi) is 5.61. The molecule has 0 atom stereocenters. The fraction of sp³-hybridized carbons (Fsp3) is 0.400. The molecule has 2 N–H and O–H groups in total. The fourth-order valence-electron chi connectivity index (χ4n) is 3.38. The molecule has 3 rings (SSSR count). The number of fused-ring (bicyclic) bond motifs is 1. The first kappa shape index (κ1) is 18.5. The van der Waals surface area contributed by atoms with Gasteiger partial charge in [0, 0.05) is 4.88 Å². The lowest BCUT2D eigenvalue weighted by Crippen LogP contribution is -2.21. The van der Waals surface area contributed by atoms with Crippen LogP contribution in [0.5, 0.6) is 5.75 Å². The van der Waals surface area contributed by atoms with Gasteiger partial charge >= 0.3 is 5.97 Å². The van der Waals surface area contributed by atoms with E-state index < -0.39 is 5.97 Å². The average molecular weight is 373 g/mol. The maximum absolute atomic E-state index is 12.3. The summed E-state index contributed by atoms with van der Waals surface area (Å²) in [4.78, 5) is 25.2. The molecule has 138 valence electrons. The predicted octanol–water partition coefficient (Wildman–Crippen LogP) is 4.35. The zero-order valence-corrected chi connectivity index (χ0v) is 15.9. The highest BCUT2D eigenvalue weighted by Crippen LogP contribution is 2.37. The Morgan fingerprint density at radius 1 is 1.15 bits per heavy atom. The maximum Gasteiger partial charge on any atom is 0.339 e. The number of carbonyl (C=O) groups excluding carboxylic acids is 1. The molecule has 6 heteroatoms. The Morgan fingerprint density at radius 2 is 1.85 bits per heavy atom. The molecule has 5 nitrogen and oxygen atoms in total. The number of para-hydroxylation sites is 1. The summed E-state index contributed by atoms with van der Waals surface area (Å²) in [6.07, 6.45) is 4.83. The molecule has 1 aliphatic carbocycles. The van der Waals surface area contributed by atoms with Gasteiger partial charge in [-0.3, -0.25) is 4.79 Å². The molecule has 26 heavy (non-hydrogen) atoms. The minimum Gasteiger partial charge on any atom is -0.483 e. The van der Waals surface area contributed by atoms with Gasteiger partial charge < -0.3 is 15.2 Å². The highest BCUT2D eigenvalue weighted by molar-refractivity contribution is 7.17. The molecule has 0 saturated heterocycles. The van der Waals surface area contributed by atoms with Gasteiger partial charge in [0.2, 0.25) is 0 Å². The van der Waals surface area contributed by atoms with Crippen LogP contribution >= 0.6 is 11.3 Å². The van der Waals surface area contributed by atoms with E-state index in [9.17, 15) is 14.7 Å². The van der Waals surface area contributed by atoms with E-state index in [1.54, 1.807) is 0 Å². The number of rotatable bonds is 5. The van der Waals surface area contributed by atoms with Gasteiger partial charge in [0.05, 0.1) is 5.56 Å². The summed E-state index contributed by atoms with van der Waals surface area (Å²) in [7, 11) is 0. The van der Waals surface area contributed by atoms with Crippen molar-refractivity contribution >= 4 is 28.2 Å². The number of amides is 1. The number of benzene rings is 1. The van der Waals surface area contributed by atoms with Crippen molar-refractivity contribution < 1.29 is 19.4 Å². The monoisotopic (exact) mass is 373 g/mol. The molecule has 0 fully saturated rings. The quantitative estimate of drug-likeness (QED) is 0.764.